The Hall–Kier alpha value is -1.01. The highest BCUT2D eigenvalue weighted by Crippen LogP contribution is 1.94. The maximum atomic E-state index is 9.71. The number of allylic oxidation sites excluding steroid dienone is 2. The van der Waals surface area contributed by atoms with E-state index in [-0.39, 0.29) is 11.5 Å². The molecule has 0 aliphatic carbocycles. The molecule has 0 spiro atoms. The van der Waals surface area contributed by atoms with Gasteiger partial charge in [-0.05, 0) is 13.8 Å². The molecule has 0 rings (SSSR count). The number of aliphatic hydroxyl groups is 1. The molecule has 0 saturated heterocycles. The Morgan fingerprint density at radius 3 is 1.58 bits per heavy atom. The standard InChI is InChI=1S/C3H6O4S.C3H6O/c1-3(2)7-8(4,5)6;1-3(2)4/h1H2,2H3,(H,4,5,6);4H,1H2,2H3. The first-order chi connectivity index (χ1) is 5.15. The van der Waals surface area contributed by atoms with Gasteiger partial charge in [0.2, 0.25) is 0 Å². The average molecular weight is 196 g/mol. The quantitative estimate of drug-likeness (QED) is 0.515. The van der Waals surface area contributed by atoms with Crippen LogP contribution in [0.2, 0.25) is 0 Å². The zero-order valence-corrected chi connectivity index (χ0v) is 7.76. The first kappa shape index (κ1) is 13.6. The van der Waals surface area contributed by atoms with E-state index in [2.05, 4.69) is 17.3 Å². The van der Waals surface area contributed by atoms with E-state index in [1.807, 2.05) is 0 Å². The molecule has 0 atom stereocenters. The van der Waals surface area contributed by atoms with Crippen molar-refractivity contribution in [2.24, 2.45) is 0 Å². The summed E-state index contributed by atoms with van der Waals surface area (Å²) in [5, 5.41) is 7.86. The third-order valence-corrected chi connectivity index (χ3v) is 0.743. The Balaban J connectivity index is 0. The predicted octanol–water partition coefficient (Wildman–Crippen LogP) is 1.42. The van der Waals surface area contributed by atoms with Gasteiger partial charge in [0.25, 0.3) is 0 Å². The highest BCUT2D eigenvalue weighted by Gasteiger charge is 2.01. The Morgan fingerprint density at radius 2 is 1.58 bits per heavy atom. The zero-order valence-electron chi connectivity index (χ0n) is 6.94. The summed E-state index contributed by atoms with van der Waals surface area (Å²) in [6.07, 6.45) is 0. The third kappa shape index (κ3) is 36.1. The molecule has 2 N–H and O–H groups in total. The van der Waals surface area contributed by atoms with Crippen LogP contribution in [0.4, 0.5) is 0 Å². The number of hydrogen-bond acceptors (Lipinski definition) is 4. The van der Waals surface area contributed by atoms with Crippen LogP contribution in [-0.4, -0.2) is 18.1 Å². The first-order valence-electron chi connectivity index (χ1n) is 2.82. The van der Waals surface area contributed by atoms with E-state index in [1.165, 1.54) is 13.8 Å². The summed E-state index contributed by atoms with van der Waals surface area (Å²) >= 11 is 0. The molecule has 0 aromatic carbocycles. The van der Waals surface area contributed by atoms with Crippen LogP contribution in [0.1, 0.15) is 13.8 Å². The molecule has 0 unspecified atom stereocenters. The van der Waals surface area contributed by atoms with E-state index in [4.69, 9.17) is 9.66 Å². The predicted molar refractivity (Wildman–Crippen MR) is 44.9 cm³/mol. The van der Waals surface area contributed by atoms with Crippen molar-refractivity contribution < 1.29 is 22.3 Å². The van der Waals surface area contributed by atoms with Gasteiger partial charge in [0, 0.05) is 0 Å². The Labute approximate surface area is 71.9 Å². The van der Waals surface area contributed by atoms with Crippen molar-refractivity contribution in [1.29, 1.82) is 0 Å². The molecule has 5 nitrogen and oxygen atoms in total. The minimum absolute atomic E-state index is 0.0625. The lowest BCUT2D eigenvalue weighted by Crippen LogP contribution is -1.99. The second kappa shape index (κ2) is 5.62. The normalized spacial score (nSPS) is 9.25. The third-order valence-electron chi connectivity index (χ3n) is 0.248. The Bertz CT molecular complexity index is 247. The van der Waals surface area contributed by atoms with Crippen LogP contribution in [0.3, 0.4) is 0 Å². The van der Waals surface area contributed by atoms with Gasteiger partial charge in [0.1, 0.15) is 5.76 Å². The van der Waals surface area contributed by atoms with Gasteiger partial charge in [-0.3, -0.25) is 4.55 Å². The molecule has 72 valence electrons. The molecule has 0 amide bonds. The number of aliphatic hydroxyl groups excluding tert-OH is 1. The van der Waals surface area contributed by atoms with Crippen molar-refractivity contribution >= 4 is 10.4 Å². The van der Waals surface area contributed by atoms with Crippen molar-refractivity contribution in [2.45, 2.75) is 13.8 Å². The molecule has 0 radical (unpaired) electrons. The molecule has 0 bridgehead atoms. The topological polar surface area (TPSA) is 83.8 Å². The van der Waals surface area contributed by atoms with Crippen molar-refractivity contribution in [3.8, 4) is 0 Å². The van der Waals surface area contributed by atoms with E-state index in [1.54, 1.807) is 0 Å². The number of rotatable bonds is 2. The maximum Gasteiger partial charge on any atom is 0.446 e. The lowest BCUT2D eigenvalue weighted by atomic mass is 10.7. The molecule has 0 aliphatic rings. The van der Waals surface area contributed by atoms with Gasteiger partial charge in [0.15, 0.2) is 0 Å². The molecule has 0 aromatic rings. The molecule has 0 saturated carbocycles. The average Bonchev–Trinajstić information content (AvgIpc) is 1.52. The summed E-state index contributed by atoms with van der Waals surface area (Å²) in [5.74, 6) is 0.104. The lowest BCUT2D eigenvalue weighted by molar-refractivity contribution is 0.334. The SMILES string of the molecule is C=C(C)O.C=C(C)OS(=O)(=O)O. The Kier molecular flexibility index (Phi) is 6.35. The summed E-state index contributed by atoms with van der Waals surface area (Å²) in [6, 6.07) is 0. The fourth-order valence-corrected chi connectivity index (χ4v) is 0.539. The minimum Gasteiger partial charge on any atom is -0.513 e. The summed E-state index contributed by atoms with van der Waals surface area (Å²) < 4.78 is 31.1. The van der Waals surface area contributed by atoms with Crippen molar-refractivity contribution in [1.82, 2.24) is 0 Å². The minimum atomic E-state index is -4.32. The molecule has 0 aliphatic heterocycles. The molecular weight excluding hydrogens is 184 g/mol. The van der Waals surface area contributed by atoms with Gasteiger partial charge in [-0.15, -0.1) is 0 Å². The monoisotopic (exact) mass is 196 g/mol. The highest BCUT2D eigenvalue weighted by atomic mass is 32.3. The van der Waals surface area contributed by atoms with Gasteiger partial charge in [-0.1, -0.05) is 13.2 Å². The van der Waals surface area contributed by atoms with Gasteiger partial charge < -0.3 is 9.29 Å². The molecule has 0 heterocycles. The second-order valence-electron chi connectivity index (χ2n) is 1.95. The molecule has 12 heavy (non-hydrogen) atoms. The first-order valence-corrected chi connectivity index (χ1v) is 4.18. The van der Waals surface area contributed by atoms with Gasteiger partial charge in [-0.25, -0.2) is 0 Å². The van der Waals surface area contributed by atoms with Crippen LogP contribution >= 0.6 is 0 Å². The highest BCUT2D eigenvalue weighted by molar-refractivity contribution is 7.81. The van der Waals surface area contributed by atoms with E-state index >= 15 is 0 Å². The van der Waals surface area contributed by atoms with Crippen molar-refractivity contribution in [3.05, 3.63) is 24.7 Å². The summed E-state index contributed by atoms with van der Waals surface area (Å²) in [7, 11) is -4.32. The second-order valence-corrected chi connectivity index (χ2v) is 2.97. The van der Waals surface area contributed by atoms with E-state index in [0.717, 1.165) is 0 Å². The van der Waals surface area contributed by atoms with Crippen LogP contribution in [0.5, 0.6) is 0 Å². The maximum absolute atomic E-state index is 9.71. The summed E-state index contributed by atoms with van der Waals surface area (Å²) in [4.78, 5) is 0. The smallest absolute Gasteiger partial charge is 0.446 e. The number of hydrogen-bond donors (Lipinski definition) is 2. The summed E-state index contributed by atoms with van der Waals surface area (Å²) in [6.45, 7) is 9.03. The molecule has 6 heteroatoms. The molecular formula is C6H12O5S. The largest absolute Gasteiger partial charge is 0.513 e. The van der Waals surface area contributed by atoms with Crippen LogP contribution in [-0.2, 0) is 14.6 Å². The van der Waals surface area contributed by atoms with Crippen molar-refractivity contribution in [3.63, 3.8) is 0 Å². The fraction of sp³-hybridized carbons (Fsp3) is 0.333. The van der Waals surface area contributed by atoms with Gasteiger partial charge >= 0.3 is 10.4 Å². The summed E-state index contributed by atoms with van der Waals surface area (Å²) in [5.41, 5.74) is 0. The van der Waals surface area contributed by atoms with Gasteiger partial charge in [-0.2, -0.15) is 8.42 Å². The van der Waals surface area contributed by atoms with Gasteiger partial charge in [0.05, 0.1) is 5.76 Å². The van der Waals surface area contributed by atoms with Crippen LogP contribution in [0.15, 0.2) is 24.7 Å². The van der Waals surface area contributed by atoms with E-state index < -0.39 is 10.4 Å². The van der Waals surface area contributed by atoms with Crippen LogP contribution < -0.4 is 0 Å². The van der Waals surface area contributed by atoms with E-state index in [0.29, 0.717) is 0 Å². The lowest BCUT2D eigenvalue weighted by Gasteiger charge is -1.95. The van der Waals surface area contributed by atoms with Crippen LogP contribution in [0.25, 0.3) is 0 Å². The Morgan fingerprint density at radius 1 is 1.33 bits per heavy atom. The van der Waals surface area contributed by atoms with Crippen LogP contribution in [0, 0.1) is 0 Å². The van der Waals surface area contributed by atoms with Crippen molar-refractivity contribution in [2.75, 3.05) is 0 Å². The molecule has 0 fully saturated rings. The molecule has 0 aromatic heterocycles. The zero-order chi connectivity index (χ0) is 10.4. The van der Waals surface area contributed by atoms with E-state index in [9.17, 15) is 8.42 Å². The fourth-order valence-electron chi connectivity index (χ4n) is 0.180.